The highest BCUT2D eigenvalue weighted by Gasteiger charge is 2.15. The van der Waals surface area contributed by atoms with Gasteiger partial charge in [-0.3, -0.25) is 9.36 Å². The summed E-state index contributed by atoms with van der Waals surface area (Å²) in [6, 6.07) is 0. The fraction of sp³-hybridized carbons (Fsp3) is 0.455. The molecule has 1 N–H and O–H groups in total. The number of nitrogens with zero attached hydrogens (tertiary/aromatic N) is 2. The lowest BCUT2D eigenvalue weighted by Crippen LogP contribution is -2.26. The normalized spacial score (nSPS) is 16.1. The monoisotopic (exact) mass is 235 g/mol. The topological polar surface area (TPSA) is 46.9 Å². The van der Waals surface area contributed by atoms with E-state index in [2.05, 4.69) is 10.3 Å². The molecule has 2 aromatic heterocycles. The first-order valence-electron chi connectivity index (χ1n) is 5.45. The van der Waals surface area contributed by atoms with Crippen molar-refractivity contribution in [3.8, 4) is 0 Å². The molecule has 0 radical (unpaired) electrons. The lowest BCUT2D eigenvalue weighted by Gasteiger charge is -2.07. The van der Waals surface area contributed by atoms with Crippen molar-refractivity contribution in [2.24, 2.45) is 0 Å². The van der Waals surface area contributed by atoms with Crippen LogP contribution in [0.4, 0.5) is 0 Å². The van der Waals surface area contributed by atoms with Gasteiger partial charge in [0.1, 0.15) is 10.7 Å². The maximum atomic E-state index is 12.3. The third-order valence-corrected chi connectivity index (χ3v) is 3.98. The Morgan fingerprint density at radius 2 is 2.38 bits per heavy atom. The fourth-order valence-electron chi connectivity index (χ4n) is 2.14. The van der Waals surface area contributed by atoms with Crippen LogP contribution in [0, 0.1) is 6.92 Å². The molecule has 0 spiro atoms. The Labute approximate surface area is 96.9 Å². The highest BCUT2D eigenvalue weighted by molar-refractivity contribution is 7.16. The zero-order valence-corrected chi connectivity index (χ0v) is 9.93. The van der Waals surface area contributed by atoms with Crippen LogP contribution in [0.5, 0.6) is 0 Å². The van der Waals surface area contributed by atoms with Crippen molar-refractivity contribution >= 4 is 21.6 Å². The number of rotatable bonds is 0. The van der Waals surface area contributed by atoms with Crippen LogP contribution in [0.3, 0.4) is 0 Å². The van der Waals surface area contributed by atoms with Gasteiger partial charge in [-0.25, -0.2) is 4.98 Å². The minimum Gasteiger partial charge on any atom is -0.315 e. The maximum Gasteiger partial charge on any atom is 0.262 e. The van der Waals surface area contributed by atoms with Gasteiger partial charge in [0.25, 0.3) is 5.56 Å². The molecule has 0 bridgehead atoms. The molecule has 84 valence electrons. The van der Waals surface area contributed by atoms with E-state index in [1.165, 1.54) is 0 Å². The fourth-order valence-corrected chi connectivity index (χ4v) is 3.07. The van der Waals surface area contributed by atoms with E-state index in [4.69, 9.17) is 0 Å². The quantitative estimate of drug-likeness (QED) is 0.738. The van der Waals surface area contributed by atoms with Gasteiger partial charge in [-0.2, -0.15) is 0 Å². The average Bonchev–Trinajstić information content (AvgIpc) is 2.51. The summed E-state index contributed by atoms with van der Waals surface area (Å²) in [4.78, 5) is 17.8. The molecule has 0 atom stereocenters. The zero-order chi connectivity index (χ0) is 11.1. The minimum absolute atomic E-state index is 0.127. The number of fused-ring (bicyclic) bond motifs is 2. The Balaban J connectivity index is 2.36. The van der Waals surface area contributed by atoms with Gasteiger partial charge >= 0.3 is 0 Å². The van der Waals surface area contributed by atoms with E-state index >= 15 is 0 Å². The summed E-state index contributed by atoms with van der Waals surface area (Å²) in [6.45, 7) is 4.46. The van der Waals surface area contributed by atoms with Crippen molar-refractivity contribution in [2.45, 2.75) is 19.9 Å². The summed E-state index contributed by atoms with van der Waals surface area (Å²) in [5.74, 6) is 0.921. The van der Waals surface area contributed by atoms with E-state index < -0.39 is 0 Å². The Morgan fingerprint density at radius 1 is 1.50 bits per heavy atom. The van der Waals surface area contributed by atoms with Crippen molar-refractivity contribution in [3.05, 3.63) is 27.1 Å². The van der Waals surface area contributed by atoms with E-state index in [1.807, 2.05) is 16.9 Å². The second-order valence-electron chi connectivity index (χ2n) is 4.08. The lowest BCUT2D eigenvalue weighted by molar-refractivity contribution is 0.627. The first-order valence-corrected chi connectivity index (χ1v) is 6.33. The van der Waals surface area contributed by atoms with Crippen molar-refractivity contribution in [3.63, 3.8) is 0 Å². The van der Waals surface area contributed by atoms with Crippen molar-refractivity contribution in [1.29, 1.82) is 0 Å². The Kier molecular flexibility index (Phi) is 2.29. The van der Waals surface area contributed by atoms with Crippen LogP contribution in [-0.4, -0.2) is 22.6 Å². The molecule has 3 heterocycles. The molecule has 0 amide bonds. The smallest absolute Gasteiger partial charge is 0.262 e. The average molecular weight is 235 g/mol. The van der Waals surface area contributed by atoms with Crippen LogP contribution >= 0.6 is 11.3 Å². The van der Waals surface area contributed by atoms with Gasteiger partial charge in [0.15, 0.2) is 0 Å². The Bertz CT molecular complexity index is 599. The van der Waals surface area contributed by atoms with Crippen LogP contribution in [0.15, 0.2) is 10.2 Å². The van der Waals surface area contributed by atoms with Gasteiger partial charge in [-0.15, -0.1) is 11.3 Å². The van der Waals surface area contributed by atoms with Gasteiger partial charge in [0.05, 0.1) is 5.39 Å². The molecule has 0 fully saturated rings. The maximum absolute atomic E-state index is 12.3. The van der Waals surface area contributed by atoms with Crippen molar-refractivity contribution in [2.75, 3.05) is 13.1 Å². The van der Waals surface area contributed by atoms with Gasteiger partial charge in [-0.1, -0.05) is 0 Å². The molecule has 5 heteroatoms. The third kappa shape index (κ3) is 1.39. The zero-order valence-electron chi connectivity index (χ0n) is 9.12. The van der Waals surface area contributed by atoms with E-state index in [1.54, 1.807) is 11.3 Å². The third-order valence-electron chi connectivity index (χ3n) is 2.99. The van der Waals surface area contributed by atoms with Gasteiger partial charge in [0, 0.05) is 26.1 Å². The highest BCUT2D eigenvalue weighted by atomic mass is 32.1. The number of aryl methyl sites for hydroxylation is 1. The van der Waals surface area contributed by atoms with Gasteiger partial charge < -0.3 is 5.32 Å². The van der Waals surface area contributed by atoms with Crippen LogP contribution in [0.25, 0.3) is 10.2 Å². The predicted molar refractivity (Wildman–Crippen MR) is 65.2 cm³/mol. The van der Waals surface area contributed by atoms with Crippen molar-refractivity contribution < 1.29 is 0 Å². The van der Waals surface area contributed by atoms with Crippen LogP contribution in [0.2, 0.25) is 0 Å². The molecule has 0 unspecified atom stereocenters. The summed E-state index contributed by atoms with van der Waals surface area (Å²) in [7, 11) is 0. The summed E-state index contributed by atoms with van der Waals surface area (Å²) in [5, 5.41) is 6.10. The number of aromatic nitrogens is 2. The molecule has 0 saturated heterocycles. The summed E-state index contributed by atoms with van der Waals surface area (Å²) in [6.07, 6.45) is 0.835. The highest BCUT2D eigenvalue weighted by Crippen LogP contribution is 2.20. The SMILES string of the molecule is Cc1csc2nc3n(c(=O)c12)CCNCC3. The summed E-state index contributed by atoms with van der Waals surface area (Å²) in [5.41, 5.74) is 1.17. The predicted octanol–water partition coefficient (Wildman–Crippen LogP) is 0.912. The second-order valence-corrected chi connectivity index (χ2v) is 4.94. The van der Waals surface area contributed by atoms with E-state index in [0.717, 1.165) is 47.7 Å². The Hall–Kier alpha value is -1.20. The number of hydrogen-bond acceptors (Lipinski definition) is 4. The van der Waals surface area contributed by atoms with E-state index in [9.17, 15) is 4.79 Å². The molecule has 3 rings (SSSR count). The minimum atomic E-state index is 0.127. The molecule has 16 heavy (non-hydrogen) atoms. The van der Waals surface area contributed by atoms with Crippen LogP contribution < -0.4 is 10.9 Å². The molecule has 2 aromatic rings. The number of thiophene rings is 1. The molecular weight excluding hydrogens is 222 g/mol. The second kappa shape index (κ2) is 3.68. The number of nitrogens with one attached hydrogen (secondary N) is 1. The van der Waals surface area contributed by atoms with E-state index in [0.29, 0.717) is 0 Å². The first-order chi connectivity index (χ1) is 7.77. The molecular formula is C11H13N3OS. The largest absolute Gasteiger partial charge is 0.315 e. The molecule has 4 nitrogen and oxygen atoms in total. The van der Waals surface area contributed by atoms with Crippen LogP contribution in [0.1, 0.15) is 11.4 Å². The molecule has 1 aliphatic rings. The number of hydrogen-bond donors (Lipinski definition) is 1. The standard InChI is InChI=1S/C11H13N3OS/c1-7-6-16-10-9(7)11(15)14-5-4-12-3-2-8(14)13-10/h6,12H,2-5H2,1H3. The molecule has 0 saturated carbocycles. The molecule has 0 aliphatic carbocycles. The van der Waals surface area contributed by atoms with Gasteiger partial charge in [0.2, 0.25) is 0 Å². The lowest BCUT2D eigenvalue weighted by atomic mass is 10.2. The first kappa shape index (κ1) is 9.99. The van der Waals surface area contributed by atoms with Crippen LogP contribution in [-0.2, 0) is 13.0 Å². The molecule has 1 aliphatic heterocycles. The van der Waals surface area contributed by atoms with Gasteiger partial charge in [-0.05, 0) is 17.9 Å². The van der Waals surface area contributed by atoms with Crippen molar-refractivity contribution in [1.82, 2.24) is 14.9 Å². The Morgan fingerprint density at radius 3 is 3.25 bits per heavy atom. The summed E-state index contributed by atoms with van der Waals surface area (Å²) < 4.78 is 1.82. The molecule has 0 aromatic carbocycles. The van der Waals surface area contributed by atoms with E-state index in [-0.39, 0.29) is 5.56 Å². The summed E-state index contributed by atoms with van der Waals surface area (Å²) >= 11 is 1.56.